The van der Waals surface area contributed by atoms with E-state index >= 15 is 0 Å². The topological polar surface area (TPSA) is 76.0 Å². The Hall–Kier alpha value is -1.66. The van der Waals surface area contributed by atoms with Crippen LogP contribution in [0.25, 0.3) is 0 Å². The van der Waals surface area contributed by atoms with Crippen LogP contribution in [-0.4, -0.2) is 42.0 Å². The molecule has 0 spiro atoms. The van der Waals surface area contributed by atoms with E-state index in [2.05, 4.69) is 52.4 Å². The standard InChI is InChI=1S/C28H43NO4S/c1-11-16(3)13-20(22-19(6)27(22,7)8)24(30)28(18(5)12-2)14-17(4)23(25(28)31)33-26(32)21(29-9)15-34-10/h13-15,18-20,22-23,25,31H,9,11-12H2,1-8,10H3/b16-13-,21-15-/t18-,19?,20?,22?,23?,25?,28?/m1/s1. The Kier molecular flexibility index (Phi) is 9.20. The van der Waals surface area contributed by atoms with Gasteiger partial charge in [-0.05, 0) is 62.0 Å². The number of Topliss-reactive ketones (excluding diaryl/α,β-unsaturated/α-hetero) is 1. The predicted molar refractivity (Wildman–Crippen MR) is 142 cm³/mol. The summed E-state index contributed by atoms with van der Waals surface area (Å²) >= 11 is 1.32. The minimum atomic E-state index is -1.16. The first-order chi connectivity index (χ1) is 15.8. The van der Waals surface area contributed by atoms with Crippen LogP contribution in [0.2, 0.25) is 0 Å². The molecule has 0 heterocycles. The molecule has 0 bridgehead atoms. The van der Waals surface area contributed by atoms with E-state index in [9.17, 15) is 14.7 Å². The zero-order chi connectivity index (χ0) is 26.0. The summed E-state index contributed by atoms with van der Waals surface area (Å²) in [5.41, 5.74) is 0.895. The molecule has 190 valence electrons. The van der Waals surface area contributed by atoms with Crippen LogP contribution in [0.5, 0.6) is 0 Å². The van der Waals surface area contributed by atoms with E-state index in [1.54, 1.807) is 5.41 Å². The zero-order valence-corrected chi connectivity index (χ0v) is 23.2. The number of esters is 1. The molecule has 0 radical (unpaired) electrons. The molecule has 2 rings (SSSR count). The second kappa shape index (κ2) is 10.9. The third kappa shape index (κ3) is 4.99. The Morgan fingerprint density at radius 2 is 1.94 bits per heavy atom. The molecule has 7 atom stereocenters. The van der Waals surface area contributed by atoms with Crippen LogP contribution in [0, 0.1) is 34.5 Å². The lowest BCUT2D eigenvalue weighted by Crippen LogP contribution is -2.51. The number of aliphatic hydroxyl groups is 1. The lowest BCUT2D eigenvalue weighted by molar-refractivity contribution is -0.156. The van der Waals surface area contributed by atoms with Gasteiger partial charge in [0.1, 0.15) is 6.10 Å². The highest BCUT2D eigenvalue weighted by Gasteiger charge is 2.64. The van der Waals surface area contributed by atoms with Crippen molar-refractivity contribution in [1.29, 1.82) is 0 Å². The molecule has 34 heavy (non-hydrogen) atoms. The molecule has 0 aromatic carbocycles. The fourth-order valence-corrected chi connectivity index (χ4v) is 6.03. The van der Waals surface area contributed by atoms with Crippen molar-refractivity contribution in [3.05, 3.63) is 34.4 Å². The first-order valence-electron chi connectivity index (χ1n) is 12.3. The van der Waals surface area contributed by atoms with Gasteiger partial charge in [-0.1, -0.05) is 65.7 Å². The number of rotatable bonds is 11. The van der Waals surface area contributed by atoms with Crippen molar-refractivity contribution in [3.63, 3.8) is 0 Å². The van der Waals surface area contributed by atoms with Crippen LogP contribution in [0.1, 0.15) is 68.2 Å². The fourth-order valence-electron chi connectivity index (χ4n) is 5.64. The van der Waals surface area contributed by atoms with Gasteiger partial charge in [-0.15, -0.1) is 11.8 Å². The number of ketones is 1. The molecule has 0 amide bonds. The molecule has 0 aromatic heterocycles. The maximum absolute atomic E-state index is 14.5. The summed E-state index contributed by atoms with van der Waals surface area (Å²) in [7, 11) is 0. The van der Waals surface area contributed by atoms with Gasteiger partial charge in [0, 0.05) is 11.3 Å². The summed E-state index contributed by atoms with van der Waals surface area (Å²) in [5, 5.41) is 13.2. The number of carbonyl (C=O) groups excluding carboxylic acids is 2. The number of aliphatic hydroxyl groups excluding tert-OH is 1. The molecule has 5 nitrogen and oxygen atoms in total. The molecule has 2 aliphatic rings. The van der Waals surface area contributed by atoms with Crippen molar-refractivity contribution in [2.75, 3.05) is 6.26 Å². The quantitative estimate of drug-likeness (QED) is 0.167. The van der Waals surface area contributed by atoms with Crippen molar-refractivity contribution in [2.24, 2.45) is 39.5 Å². The van der Waals surface area contributed by atoms with Crippen molar-refractivity contribution in [1.82, 2.24) is 0 Å². The highest BCUT2D eigenvalue weighted by Crippen LogP contribution is 2.63. The third-order valence-electron chi connectivity index (χ3n) is 8.56. The maximum atomic E-state index is 14.5. The minimum Gasteiger partial charge on any atom is -0.450 e. The number of hydrogen-bond donors (Lipinski definition) is 1. The molecule has 1 saturated carbocycles. The summed E-state index contributed by atoms with van der Waals surface area (Å²) in [4.78, 5) is 31.0. The van der Waals surface area contributed by atoms with Crippen molar-refractivity contribution in [2.45, 2.75) is 80.4 Å². The third-order valence-corrected chi connectivity index (χ3v) is 9.02. The number of thioether (sulfide) groups is 1. The van der Waals surface area contributed by atoms with E-state index in [4.69, 9.17) is 4.74 Å². The van der Waals surface area contributed by atoms with Crippen LogP contribution in [0.4, 0.5) is 0 Å². The summed E-state index contributed by atoms with van der Waals surface area (Å²) < 4.78 is 5.72. The van der Waals surface area contributed by atoms with E-state index in [1.165, 1.54) is 17.3 Å². The van der Waals surface area contributed by atoms with Gasteiger partial charge in [-0.3, -0.25) is 9.79 Å². The van der Waals surface area contributed by atoms with E-state index in [-0.39, 0.29) is 34.6 Å². The second-order valence-electron chi connectivity index (χ2n) is 10.7. The number of carbonyl (C=O) groups is 2. The van der Waals surface area contributed by atoms with Gasteiger partial charge < -0.3 is 9.84 Å². The average Bonchev–Trinajstić information content (AvgIpc) is 3.19. The Morgan fingerprint density at radius 1 is 1.35 bits per heavy atom. The molecular weight excluding hydrogens is 446 g/mol. The fraction of sp³-hybridized carbons (Fsp3) is 0.679. The number of allylic oxidation sites excluding steroid dienone is 2. The maximum Gasteiger partial charge on any atom is 0.358 e. The molecule has 1 N–H and O–H groups in total. The lowest BCUT2D eigenvalue weighted by atomic mass is 9.65. The van der Waals surface area contributed by atoms with E-state index < -0.39 is 23.6 Å². The van der Waals surface area contributed by atoms with Gasteiger partial charge >= 0.3 is 5.97 Å². The van der Waals surface area contributed by atoms with E-state index in [0.29, 0.717) is 17.9 Å². The monoisotopic (exact) mass is 489 g/mol. The summed E-state index contributed by atoms with van der Waals surface area (Å²) in [6.07, 6.45) is 5.34. The van der Waals surface area contributed by atoms with Gasteiger partial charge in [-0.25, -0.2) is 4.79 Å². The van der Waals surface area contributed by atoms with Crippen LogP contribution in [-0.2, 0) is 14.3 Å². The van der Waals surface area contributed by atoms with Gasteiger partial charge in [0.25, 0.3) is 0 Å². The predicted octanol–water partition coefficient (Wildman–Crippen LogP) is 5.99. The van der Waals surface area contributed by atoms with Gasteiger partial charge in [0.05, 0.1) is 5.41 Å². The SMILES string of the molecule is C=N/C(=C\SC)C(=O)OC1C(C)=CC(C(=O)C(/C=C(/C)CC)C2C(C)C2(C)C)([C@H](C)CC)C1O. The molecule has 0 saturated heterocycles. The Morgan fingerprint density at radius 3 is 2.38 bits per heavy atom. The molecule has 0 aliphatic heterocycles. The zero-order valence-electron chi connectivity index (χ0n) is 22.3. The second-order valence-corrected chi connectivity index (χ2v) is 11.4. The molecule has 6 heteroatoms. The van der Waals surface area contributed by atoms with E-state index in [1.807, 2.05) is 33.1 Å². The summed E-state index contributed by atoms with van der Waals surface area (Å²) in [5.74, 6) is -0.415. The Bertz CT molecular complexity index is 902. The number of nitrogens with zero attached hydrogens (tertiary/aromatic N) is 1. The first-order valence-corrected chi connectivity index (χ1v) is 13.6. The largest absolute Gasteiger partial charge is 0.450 e. The first kappa shape index (κ1) is 28.6. The number of ether oxygens (including phenoxy) is 1. The average molecular weight is 490 g/mol. The molecule has 1 fully saturated rings. The number of aliphatic imine (C=N–C) groups is 1. The number of hydrogen-bond acceptors (Lipinski definition) is 6. The Balaban J connectivity index is 2.53. The lowest BCUT2D eigenvalue weighted by Gasteiger charge is -2.39. The van der Waals surface area contributed by atoms with Crippen molar-refractivity contribution < 1.29 is 19.4 Å². The Labute approximate surface area is 210 Å². The van der Waals surface area contributed by atoms with E-state index in [0.717, 1.165) is 6.42 Å². The molecule has 0 aromatic rings. The smallest absolute Gasteiger partial charge is 0.358 e. The normalized spacial score (nSPS) is 32.6. The minimum absolute atomic E-state index is 0.0317. The van der Waals surface area contributed by atoms with Gasteiger partial charge in [-0.2, -0.15) is 0 Å². The molecule has 6 unspecified atom stereocenters. The molecular formula is C28H43NO4S. The van der Waals surface area contributed by atoms with Gasteiger partial charge in [0.2, 0.25) is 0 Å². The van der Waals surface area contributed by atoms with Gasteiger partial charge in [0.15, 0.2) is 17.6 Å². The van der Waals surface area contributed by atoms with Crippen LogP contribution in [0.15, 0.2) is 39.4 Å². The van der Waals surface area contributed by atoms with Crippen molar-refractivity contribution >= 4 is 30.2 Å². The van der Waals surface area contributed by atoms with Crippen LogP contribution < -0.4 is 0 Å². The van der Waals surface area contributed by atoms with Crippen molar-refractivity contribution in [3.8, 4) is 0 Å². The summed E-state index contributed by atoms with van der Waals surface area (Å²) in [6, 6.07) is 0. The molecule has 2 aliphatic carbocycles. The van der Waals surface area contributed by atoms with Crippen LogP contribution >= 0.6 is 11.8 Å². The highest BCUT2D eigenvalue weighted by molar-refractivity contribution is 8.01. The van der Waals surface area contributed by atoms with Crippen LogP contribution in [0.3, 0.4) is 0 Å². The summed E-state index contributed by atoms with van der Waals surface area (Å²) in [6.45, 7) is 20.1. The highest BCUT2D eigenvalue weighted by atomic mass is 32.2.